The van der Waals surface area contributed by atoms with E-state index < -0.39 is 6.04 Å². The van der Waals surface area contributed by atoms with Crippen LogP contribution in [0.15, 0.2) is 64.5 Å². The summed E-state index contributed by atoms with van der Waals surface area (Å²) in [7, 11) is 3.15. The van der Waals surface area contributed by atoms with Crippen molar-refractivity contribution in [2.24, 2.45) is 0 Å². The fourth-order valence-electron chi connectivity index (χ4n) is 3.51. The summed E-state index contributed by atoms with van der Waals surface area (Å²) in [5.74, 6) is 1.44. The maximum atomic E-state index is 13.3. The fraction of sp³-hybridized carbons (Fsp3) is 0.190. The van der Waals surface area contributed by atoms with E-state index in [0.29, 0.717) is 38.9 Å². The zero-order chi connectivity index (χ0) is 21.3. The number of hydrogen-bond donors (Lipinski definition) is 2. The Balaban J connectivity index is 1.83. The Hall–Kier alpha value is -3.33. The van der Waals surface area contributed by atoms with Gasteiger partial charge in [-0.05, 0) is 52.7 Å². The molecule has 1 aliphatic rings. The van der Waals surface area contributed by atoms with E-state index in [2.05, 4.69) is 36.6 Å². The first kappa shape index (κ1) is 20.0. The largest absolute Gasteiger partial charge is 0.493 e. The number of methoxy groups -OCH3 is 2. The summed E-state index contributed by atoms with van der Waals surface area (Å²) in [5, 5.41) is 10.5. The van der Waals surface area contributed by atoms with E-state index in [1.807, 2.05) is 49.4 Å². The predicted octanol–water partition coefficient (Wildman–Crippen LogP) is 3.99. The number of allylic oxidation sites excluding steroid dienone is 1. The van der Waals surface area contributed by atoms with Gasteiger partial charge in [-0.1, -0.05) is 18.2 Å². The highest BCUT2D eigenvalue weighted by Gasteiger charge is 2.34. The second kappa shape index (κ2) is 8.19. The first-order valence-electron chi connectivity index (χ1n) is 9.18. The zero-order valence-electron chi connectivity index (χ0n) is 16.6. The average molecular weight is 470 g/mol. The van der Waals surface area contributed by atoms with Crippen molar-refractivity contribution in [3.05, 3.63) is 70.1 Å². The molecule has 4 rings (SSSR count). The minimum absolute atomic E-state index is 0.233. The second-order valence-electron chi connectivity index (χ2n) is 6.65. The fourth-order valence-corrected chi connectivity index (χ4v) is 4.13. The van der Waals surface area contributed by atoms with Crippen LogP contribution >= 0.6 is 15.9 Å². The van der Waals surface area contributed by atoms with Gasteiger partial charge in [0.15, 0.2) is 11.5 Å². The van der Waals surface area contributed by atoms with Gasteiger partial charge in [-0.25, -0.2) is 4.68 Å². The van der Waals surface area contributed by atoms with Crippen LogP contribution in [0.25, 0.3) is 0 Å². The number of para-hydroxylation sites is 1. The molecule has 2 aromatic carbocycles. The lowest BCUT2D eigenvalue weighted by molar-refractivity contribution is -0.113. The van der Waals surface area contributed by atoms with E-state index >= 15 is 0 Å². The monoisotopic (exact) mass is 469 g/mol. The molecule has 3 aromatic rings. The van der Waals surface area contributed by atoms with Gasteiger partial charge in [0.25, 0.3) is 5.91 Å². The molecule has 0 bridgehead atoms. The van der Waals surface area contributed by atoms with E-state index in [-0.39, 0.29) is 5.91 Å². The van der Waals surface area contributed by atoms with Crippen LogP contribution in [0.2, 0.25) is 0 Å². The molecule has 9 heteroatoms. The van der Waals surface area contributed by atoms with Crippen molar-refractivity contribution in [1.82, 2.24) is 14.8 Å². The quantitative estimate of drug-likeness (QED) is 0.587. The number of ether oxygens (including phenoxy) is 2. The molecule has 30 heavy (non-hydrogen) atoms. The van der Waals surface area contributed by atoms with Crippen molar-refractivity contribution in [2.45, 2.75) is 13.0 Å². The summed E-state index contributed by atoms with van der Waals surface area (Å²) in [4.78, 5) is 17.6. The summed E-state index contributed by atoms with van der Waals surface area (Å²) in [6, 6.07) is 12.5. The molecule has 1 amide bonds. The van der Waals surface area contributed by atoms with Crippen LogP contribution in [0.1, 0.15) is 18.5 Å². The molecular weight excluding hydrogens is 450 g/mol. The van der Waals surface area contributed by atoms with Gasteiger partial charge in [0.1, 0.15) is 12.4 Å². The Morgan fingerprint density at radius 2 is 1.97 bits per heavy atom. The number of anilines is 2. The standard InChI is InChI=1S/C21H20BrN5O3/c1-12-17(20(28)26-14-7-5-4-6-8-14)18(27-21(25-12)23-11-24-27)13-9-15(22)19(30-3)16(10-13)29-2/h4-11,18H,1-3H3,(H,26,28)(H,23,24,25)/t18-/m0/s1. The molecule has 0 unspecified atom stereocenters. The predicted molar refractivity (Wildman–Crippen MR) is 117 cm³/mol. The van der Waals surface area contributed by atoms with Crippen LogP contribution in [0, 0.1) is 0 Å². The van der Waals surface area contributed by atoms with Gasteiger partial charge in [0, 0.05) is 11.4 Å². The topological polar surface area (TPSA) is 90.3 Å². The second-order valence-corrected chi connectivity index (χ2v) is 7.51. The highest BCUT2D eigenvalue weighted by Crippen LogP contribution is 2.42. The van der Waals surface area contributed by atoms with Crippen molar-refractivity contribution in [1.29, 1.82) is 0 Å². The van der Waals surface area contributed by atoms with Crippen LogP contribution < -0.4 is 20.1 Å². The van der Waals surface area contributed by atoms with E-state index in [1.165, 1.54) is 6.33 Å². The van der Waals surface area contributed by atoms with E-state index in [9.17, 15) is 4.79 Å². The van der Waals surface area contributed by atoms with Crippen molar-refractivity contribution in [3.8, 4) is 11.5 Å². The molecule has 1 atom stereocenters. The first-order chi connectivity index (χ1) is 14.5. The van der Waals surface area contributed by atoms with Crippen LogP contribution in [0.3, 0.4) is 0 Å². The molecule has 0 saturated heterocycles. The maximum absolute atomic E-state index is 13.3. The molecule has 154 valence electrons. The van der Waals surface area contributed by atoms with Gasteiger partial charge in [-0.2, -0.15) is 10.1 Å². The van der Waals surface area contributed by atoms with Gasteiger partial charge in [0.2, 0.25) is 5.95 Å². The number of amides is 1. The van der Waals surface area contributed by atoms with E-state index in [0.717, 1.165) is 5.56 Å². The minimum Gasteiger partial charge on any atom is -0.493 e. The minimum atomic E-state index is -0.511. The number of carbonyl (C=O) groups excluding carboxylic acids is 1. The number of halogens is 1. The van der Waals surface area contributed by atoms with Gasteiger partial charge in [0.05, 0.1) is 24.3 Å². The lowest BCUT2D eigenvalue weighted by Gasteiger charge is -2.29. The van der Waals surface area contributed by atoms with Gasteiger partial charge in [-0.3, -0.25) is 4.79 Å². The van der Waals surface area contributed by atoms with Crippen LogP contribution in [0.4, 0.5) is 11.6 Å². The lowest BCUT2D eigenvalue weighted by Crippen LogP contribution is -2.31. The van der Waals surface area contributed by atoms with Crippen molar-refractivity contribution < 1.29 is 14.3 Å². The summed E-state index contributed by atoms with van der Waals surface area (Å²) in [6.45, 7) is 1.85. The SMILES string of the molecule is COc1cc([C@H]2C(C(=O)Nc3ccccc3)=C(C)Nc3ncnn32)cc(Br)c1OC. The number of nitrogens with zero attached hydrogens (tertiary/aromatic N) is 3. The summed E-state index contributed by atoms with van der Waals surface area (Å²) in [6.07, 6.45) is 1.45. The zero-order valence-corrected chi connectivity index (χ0v) is 18.2. The van der Waals surface area contributed by atoms with Gasteiger partial charge < -0.3 is 20.1 Å². The Bertz CT molecular complexity index is 1130. The highest BCUT2D eigenvalue weighted by atomic mass is 79.9. The maximum Gasteiger partial charge on any atom is 0.255 e. The average Bonchev–Trinajstić information content (AvgIpc) is 3.20. The molecule has 0 spiro atoms. The molecule has 0 saturated carbocycles. The number of carbonyl (C=O) groups is 1. The van der Waals surface area contributed by atoms with Gasteiger partial charge >= 0.3 is 0 Å². The number of rotatable bonds is 5. The lowest BCUT2D eigenvalue weighted by atomic mass is 9.94. The summed E-state index contributed by atoms with van der Waals surface area (Å²) < 4.78 is 13.3. The molecule has 8 nitrogen and oxygen atoms in total. The molecule has 2 heterocycles. The van der Waals surface area contributed by atoms with Crippen LogP contribution in [-0.4, -0.2) is 34.9 Å². The smallest absolute Gasteiger partial charge is 0.255 e. The molecule has 1 aromatic heterocycles. The van der Waals surface area contributed by atoms with Crippen molar-refractivity contribution in [2.75, 3.05) is 24.9 Å². The molecule has 0 aliphatic carbocycles. The van der Waals surface area contributed by atoms with E-state index in [4.69, 9.17) is 9.47 Å². The Morgan fingerprint density at radius 1 is 1.20 bits per heavy atom. The number of nitrogens with one attached hydrogen (secondary N) is 2. The number of benzene rings is 2. The number of hydrogen-bond acceptors (Lipinski definition) is 6. The molecule has 2 N–H and O–H groups in total. The first-order valence-corrected chi connectivity index (χ1v) is 9.98. The Labute approximate surface area is 182 Å². The normalized spacial score (nSPS) is 15.3. The van der Waals surface area contributed by atoms with Crippen LogP contribution in [0.5, 0.6) is 11.5 Å². The number of aromatic nitrogens is 3. The molecular formula is C21H20BrN5O3. The molecule has 0 radical (unpaired) electrons. The third-order valence-electron chi connectivity index (χ3n) is 4.84. The Kier molecular flexibility index (Phi) is 5.45. The third-order valence-corrected chi connectivity index (χ3v) is 5.43. The Morgan fingerprint density at radius 3 is 2.67 bits per heavy atom. The number of fused-ring (bicyclic) bond motifs is 1. The van der Waals surface area contributed by atoms with Crippen LogP contribution in [-0.2, 0) is 4.79 Å². The summed E-state index contributed by atoms with van der Waals surface area (Å²) in [5.41, 5.74) is 2.72. The molecule has 1 aliphatic heterocycles. The highest BCUT2D eigenvalue weighted by molar-refractivity contribution is 9.10. The van der Waals surface area contributed by atoms with Crippen molar-refractivity contribution in [3.63, 3.8) is 0 Å². The third kappa shape index (κ3) is 3.52. The van der Waals surface area contributed by atoms with E-state index in [1.54, 1.807) is 18.9 Å². The molecule has 0 fully saturated rings. The summed E-state index contributed by atoms with van der Waals surface area (Å²) >= 11 is 3.54. The van der Waals surface area contributed by atoms with Crippen molar-refractivity contribution >= 4 is 33.5 Å². The van der Waals surface area contributed by atoms with Gasteiger partial charge in [-0.15, -0.1) is 0 Å².